The second-order valence-corrected chi connectivity index (χ2v) is 13.3. The monoisotopic (exact) mass is 601 g/mol. The normalized spacial score (nSPS) is 22.0. The smallest absolute Gasteiger partial charge is 0.282 e. The molecule has 44 heavy (non-hydrogen) atoms. The highest BCUT2D eigenvalue weighted by Crippen LogP contribution is 2.52. The third-order valence-electron chi connectivity index (χ3n) is 9.88. The van der Waals surface area contributed by atoms with Crippen molar-refractivity contribution in [3.8, 4) is 17.4 Å². The van der Waals surface area contributed by atoms with Gasteiger partial charge in [0.05, 0.1) is 18.8 Å². The predicted octanol–water partition coefficient (Wildman–Crippen LogP) is 3.14. The Balaban J connectivity index is 0.840. The van der Waals surface area contributed by atoms with Crippen molar-refractivity contribution >= 4 is 12.1 Å². The molecule has 4 aliphatic heterocycles. The molecule has 1 saturated carbocycles. The topological polar surface area (TPSA) is 106 Å². The van der Waals surface area contributed by atoms with Crippen LogP contribution in [0.4, 0.5) is 10.2 Å². The van der Waals surface area contributed by atoms with E-state index in [0.717, 1.165) is 83.6 Å². The molecule has 0 amide bonds. The van der Waals surface area contributed by atoms with E-state index in [0.29, 0.717) is 17.5 Å². The van der Waals surface area contributed by atoms with Crippen LogP contribution in [0.2, 0.25) is 0 Å². The van der Waals surface area contributed by atoms with E-state index >= 15 is 0 Å². The van der Waals surface area contributed by atoms with E-state index in [1.165, 1.54) is 49.2 Å². The van der Waals surface area contributed by atoms with Crippen LogP contribution in [0.3, 0.4) is 0 Å². The minimum Gasteiger partial charge on any atom is -0.490 e. The lowest BCUT2D eigenvalue weighted by Crippen LogP contribution is -2.65. The summed E-state index contributed by atoms with van der Waals surface area (Å²) in [6.45, 7) is 10.1. The highest BCUT2D eigenvalue weighted by atomic mass is 19.1. The first kappa shape index (κ1) is 27.8. The van der Waals surface area contributed by atoms with Gasteiger partial charge in [-0.3, -0.25) is 14.7 Å². The van der Waals surface area contributed by atoms with Crippen LogP contribution >= 0.6 is 0 Å². The standard InChI is InChI=1S/C32H36FN7O4/c33-23-2-3-27(22(10-23)14-41)44-30-29(35-21-36-37-30)40-17-31(18-40)11-24(12-31)43-28-4-6-34-26-5-9-38(13-25(26)28)7-1-8-39-15-32(16-39)19-42-20-32/h2-4,6,10,14,21,24H,1,5,7-9,11-13,15-20H2. The van der Waals surface area contributed by atoms with Crippen molar-refractivity contribution in [1.82, 2.24) is 30.0 Å². The van der Waals surface area contributed by atoms with Crippen LogP contribution in [0.5, 0.6) is 17.4 Å². The van der Waals surface area contributed by atoms with Gasteiger partial charge >= 0.3 is 0 Å². The molecule has 3 aromatic rings. The number of hydrogen-bond acceptors (Lipinski definition) is 11. The quantitative estimate of drug-likeness (QED) is 0.320. The summed E-state index contributed by atoms with van der Waals surface area (Å²) in [6.07, 6.45) is 8.07. The maximum absolute atomic E-state index is 13.6. The Labute approximate surface area is 255 Å². The van der Waals surface area contributed by atoms with Gasteiger partial charge in [-0.05, 0) is 56.6 Å². The molecular formula is C32H36FN7O4. The fourth-order valence-electron chi connectivity index (χ4n) is 7.61. The molecule has 0 atom stereocenters. The van der Waals surface area contributed by atoms with Crippen molar-refractivity contribution in [2.24, 2.45) is 10.8 Å². The highest BCUT2D eigenvalue weighted by Gasteiger charge is 2.54. The zero-order valence-electron chi connectivity index (χ0n) is 24.7. The minimum absolute atomic E-state index is 0.103. The fraction of sp³-hybridized carbons (Fsp3) is 0.531. The maximum Gasteiger partial charge on any atom is 0.282 e. The Bertz CT molecular complexity index is 1550. The molecule has 1 aliphatic carbocycles. The molecule has 8 rings (SSSR count). The van der Waals surface area contributed by atoms with Gasteiger partial charge < -0.3 is 24.0 Å². The molecule has 1 aromatic carbocycles. The highest BCUT2D eigenvalue weighted by molar-refractivity contribution is 5.79. The van der Waals surface area contributed by atoms with Gasteiger partial charge in [0.15, 0.2) is 12.1 Å². The first-order valence-electron chi connectivity index (χ1n) is 15.5. The summed E-state index contributed by atoms with van der Waals surface area (Å²) in [5.41, 5.74) is 3.16. The fourth-order valence-corrected chi connectivity index (χ4v) is 7.61. The Morgan fingerprint density at radius 2 is 1.86 bits per heavy atom. The van der Waals surface area contributed by atoms with E-state index < -0.39 is 5.82 Å². The first-order valence-corrected chi connectivity index (χ1v) is 15.5. The molecule has 230 valence electrons. The number of aldehydes is 1. The van der Waals surface area contributed by atoms with Gasteiger partial charge in [0.25, 0.3) is 5.88 Å². The van der Waals surface area contributed by atoms with Gasteiger partial charge in [-0.1, -0.05) is 0 Å². The number of halogens is 1. The summed E-state index contributed by atoms with van der Waals surface area (Å²) in [7, 11) is 0. The molecule has 2 aromatic heterocycles. The van der Waals surface area contributed by atoms with Gasteiger partial charge in [0.1, 0.15) is 29.7 Å². The van der Waals surface area contributed by atoms with E-state index in [1.807, 2.05) is 12.3 Å². The van der Waals surface area contributed by atoms with Gasteiger partial charge in [-0.15, -0.1) is 10.2 Å². The van der Waals surface area contributed by atoms with E-state index in [-0.39, 0.29) is 28.7 Å². The lowest BCUT2D eigenvalue weighted by molar-refractivity contribution is -0.188. The van der Waals surface area contributed by atoms with E-state index in [9.17, 15) is 9.18 Å². The van der Waals surface area contributed by atoms with Crippen molar-refractivity contribution in [2.75, 3.05) is 63.9 Å². The third kappa shape index (κ3) is 5.18. The van der Waals surface area contributed by atoms with Gasteiger partial charge in [0, 0.05) is 74.0 Å². The number of nitrogens with zero attached hydrogens (tertiary/aromatic N) is 7. The minimum atomic E-state index is -0.511. The number of anilines is 1. The number of fused-ring (bicyclic) bond motifs is 1. The van der Waals surface area contributed by atoms with Crippen molar-refractivity contribution < 1.29 is 23.4 Å². The van der Waals surface area contributed by atoms with Crippen molar-refractivity contribution in [2.45, 2.75) is 38.3 Å². The van der Waals surface area contributed by atoms with Crippen LogP contribution in [0.25, 0.3) is 0 Å². The number of likely N-dealkylation sites (tertiary alicyclic amines) is 1. The molecule has 0 unspecified atom stereocenters. The van der Waals surface area contributed by atoms with Crippen molar-refractivity contribution in [3.05, 3.63) is 59.4 Å². The molecule has 2 spiro atoms. The lowest BCUT2D eigenvalue weighted by Gasteiger charge is -2.58. The number of pyridine rings is 1. The third-order valence-corrected chi connectivity index (χ3v) is 9.88. The molecule has 0 bridgehead atoms. The molecule has 5 aliphatic rings. The zero-order valence-corrected chi connectivity index (χ0v) is 24.7. The Kier molecular flexibility index (Phi) is 6.95. The lowest BCUT2D eigenvalue weighted by atomic mass is 9.61. The van der Waals surface area contributed by atoms with Crippen LogP contribution in [0.15, 0.2) is 36.8 Å². The second kappa shape index (κ2) is 11.0. The predicted molar refractivity (Wildman–Crippen MR) is 158 cm³/mol. The molecule has 12 heteroatoms. The summed E-state index contributed by atoms with van der Waals surface area (Å²) in [5, 5.41) is 7.96. The average molecular weight is 602 g/mol. The molecule has 6 heterocycles. The summed E-state index contributed by atoms with van der Waals surface area (Å²) < 4.78 is 31.4. The van der Waals surface area contributed by atoms with Crippen molar-refractivity contribution in [1.29, 1.82) is 0 Å². The van der Waals surface area contributed by atoms with Crippen LogP contribution in [-0.4, -0.2) is 101 Å². The summed E-state index contributed by atoms with van der Waals surface area (Å²) in [5.74, 6) is 1.43. The molecule has 11 nitrogen and oxygen atoms in total. The molecule has 4 fully saturated rings. The van der Waals surface area contributed by atoms with Crippen LogP contribution in [0.1, 0.15) is 40.9 Å². The molecule has 0 N–H and O–H groups in total. The number of hydrogen-bond donors (Lipinski definition) is 0. The number of rotatable bonds is 10. The maximum atomic E-state index is 13.6. The summed E-state index contributed by atoms with van der Waals surface area (Å²) >= 11 is 0. The van der Waals surface area contributed by atoms with Gasteiger partial charge in [-0.2, -0.15) is 0 Å². The Hall–Kier alpha value is -3.74. The number of carbonyl (C=O) groups excluding carboxylic acids is 1. The van der Waals surface area contributed by atoms with E-state index in [1.54, 1.807) is 0 Å². The molecular weight excluding hydrogens is 565 g/mol. The largest absolute Gasteiger partial charge is 0.490 e. The number of ether oxygens (including phenoxy) is 3. The van der Waals surface area contributed by atoms with E-state index in [2.05, 4.69) is 34.9 Å². The zero-order chi connectivity index (χ0) is 29.7. The number of aromatic nitrogens is 4. The average Bonchev–Trinajstić information content (AvgIpc) is 2.95. The van der Waals surface area contributed by atoms with Gasteiger partial charge in [-0.25, -0.2) is 9.37 Å². The van der Waals surface area contributed by atoms with Gasteiger partial charge in [0.2, 0.25) is 0 Å². The van der Waals surface area contributed by atoms with Crippen LogP contribution in [-0.2, 0) is 17.7 Å². The van der Waals surface area contributed by atoms with Crippen molar-refractivity contribution in [3.63, 3.8) is 0 Å². The second-order valence-electron chi connectivity index (χ2n) is 13.3. The van der Waals surface area contributed by atoms with E-state index in [4.69, 9.17) is 14.2 Å². The SMILES string of the molecule is O=Cc1cc(F)ccc1Oc1nncnc1N1CC2(CC(Oc3ccnc4c3CN(CCCN3CC5(COC5)C3)CC4)C2)C1. The summed E-state index contributed by atoms with van der Waals surface area (Å²) in [6, 6.07) is 5.81. The number of benzene rings is 1. The molecule has 0 radical (unpaired) electrons. The number of carbonyl (C=O) groups is 1. The van der Waals surface area contributed by atoms with Crippen LogP contribution in [0, 0.1) is 16.6 Å². The Morgan fingerprint density at radius 3 is 2.66 bits per heavy atom. The molecule has 3 saturated heterocycles. The summed E-state index contributed by atoms with van der Waals surface area (Å²) in [4.78, 5) is 27.7. The Morgan fingerprint density at radius 1 is 1.02 bits per heavy atom. The van der Waals surface area contributed by atoms with Crippen LogP contribution < -0.4 is 14.4 Å². The first-order chi connectivity index (χ1) is 21.5.